The van der Waals surface area contributed by atoms with E-state index in [0.29, 0.717) is 16.3 Å². The zero-order chi connectivity index (χ0) is 22.9. The van der Waals surface area contributed by atoms with E-state index in [1.54, 1.807) is 0 Å². The number of halogens is 1. The second-order valence-electron chi connectivity index (χ2n) is 8.28. The van der Waals surface area contributed by atoms with Crippen molar-refractivity contribution in [2.45, 2.75) is 0 Å². The number of piperazine rings is 1. The molecule has 0 radical (unpaired) electrons. The number of hydrogen-bond donors (Lipinski definition) is 1. The van der Waals surface area contributed by atoms with Gasteiger partial charge in [0.1, 0.15) is 23.3 Å². The van der Waals surface area contributed by atoms with Crippen molar-refractivity contribution in [2.24, 2.45) is 0 Å². The second kappa shape index (κ2) is 8.70. The van der Waals surface area contributed by atoms with Crippen molar-refractivity contribution in [1.29, 1.82) is 5.26 Å². The quantitative estimate of drug-likeness (QED) is 0.477. The lowest BCUT2D eigenvalue weighted by Crippen LogP contribution is -2.45. The van der Waals surface area contributed by atoms with E-state index in [1.807, 2.05) is 54.6 Å². The van der Waals surface area contributed by atoms with Crippen LogP contribution in [-0.4, -0.2) is 48.1 Å². The van der Waals surface area contributed by atoms with E-state index in [0.717, 1.165) is 59.6 Å². The van der Waals surface area contributed by atoms with E-state index >= 15 is 0 Å². The van der Waals surface area contributed by atoms with Crippen LogP contribution >= 0.6 is 11.6 Å². The van der Waals surface area contributed by atoms with E-state index in [9.17, 15) is 5.26 Å². The number of nitrogen functional groups attached to an aromatic ring is 1. The van der Waals surface area contributed by atoms with Crippen LogP contribution in [0.1, 0.15) is 5.56 Å². The minimum atomic E-state index is 0.206. The van der Waals surface area contributed by atoms with Crippen molar-refractivity contribution in [3.63, 3.8) is 0 Å². The normalized spacial score (nSPS) is 14.4. The highest BCUT2D eigenvalue weighted by Gasteiger charge is 2.23. The number of nitrogens with zero attached hydrogens (tertiary/aromatic N) is 5. The summed E-state index contributed by atoms with van der Waals surface area (Å²) in [5.74, 6) is 1.07. The van der Waals surface area contributed by atoms with E-state index < -0.39 is 0 Å². The van der Waals surface area contributed by atoms with Crippen LogP contribution in [0.25, 0.3) is 33.3 Å². The number of aromatic nitrogens is 2. The molecule has 2 N–H and O–H groups in total. The fraction of sp³-hybridized carbons (Fsp3) is 0.192. The molecule has 1 aliphatic rings. The Hall–Kier alpha value is -3.66. The summed E-state index contributed by atoms with van der Waals surface area (Å²) in [5.41, 5.74) is 10.8. The number of likely N-dealkylation sites (N-methyl/N-ethyl adjacent to an activating group) is 1. The number of para-hydroxylation sites is 1. The van der Waals surface area contributed by atoms with Gasteiger partial charge in [0.05, 0.1) is 11.2 Å². The molecule has 1 saturated heterocycles. The van der Waals surface area contributed by atoms with Crippen LogP contribution in [0.5, 0.6) is 0 Å². The van der Waals surface area contributed by atoms with Crippen molar-refractivity contribution >= 4 is 34.1 Å². The van der Waals surface area contributed by atoms with Crippen LogP contribution in [0.4, 0.5) is 11.6 Å². The maximum atomic E-state index is 9.98. The van der Waals surface area contributed by atoms with E-state index in [-0.39, 0.29) is 5.82 Å². The third kappa shape index (κ3) is 4.09. The van der Waals surface area contributed by atoms with Gasteiger partial charge >= 0.3 is 0 Å². The van der Waals surface area contributed by atoms with Gasteiger partial charge in [-0.1, -0.05) is 41.9 Å². The minimum absolute atomic E-state index is 0.206. The van der Waals surface area contributed by atoms with Gasteiger partial charge in [-0.05, 0) is 37.4 Å². The highest BCUT2D eigenvalue weighted by molar-refractivity contribution is 6.30. The molecule has 0 unspecified atom stereocenters. The fourth-order valence-electron chi connectivity index (χ4n) is 4.23. The topological polar surface area (TPSA) is 82.1 Å². The molecule has 6 nitrogen and oxygen atoms in total. The molecule has 0 spiro atoms. The smallest absolute Gasteiger partial charge is 0.142 e. The van der Waals surface area contributed by atoms with Crippen LogP contribution in [0, 0.1) is 11.3 Å². The van der Waals surface area contributed by atoms with Gasteiger partial charge in [-0.2, -0.15) is 5.26 Å². The van der Waals surface area contributed by atoms with Crippen molar-refractivity contribution in [1.82, 2.24) is 14.9 Å². The molecule has 4 aromatic rings. The summed E-state index contributed by atoms with van der Waals surface area (Å²) in [6.45, 7) is 3.63. The van der Waals surface area contributed by atoms with Gasteiger partial charge in [0.2, 0.25) is 0 Å². The Kier molecular flexibility index (Phi) is 5.59. The van der Waals surface area contributed by atoms with Crippen molar-refractivity contribution in [3.05, 3.63) is 71.2 Å². The average Bonchev–Trinajstić information content (AvgIpc) is 2.83. The highest BCUT2D eigenvalue weighted by atomic mass is 35.5. The zero-order valence-electron chi connectivity index (χ0n) is 18.3. The Morgan fingerprint density at radius 3 is 2.39 bits per heavy atom. The zero-order valence-corrected chi connectivity index (χ0v) is 19.0. The standard InChI is InChI=1S/C26H23ClN6/c1-32-10-12-33(13-11-32)26-21(14-18-4-2-3-5-23(18)31-26)20-15-24(30-25(29)22(20)16-28)17-6-8-19(27)9-7-17/h2-9,14-15H,10-13H2,1H3,(H2,29,30). The number of nitriles is 1. The number of fused-ring (bicyclic) bond motifs is 1. The maximum absolute atomic E-state index is 9.98. The van der Waals surface area contributed by atoms with Gasteiger partial charge in [0.25, 0.3) is 0 Å². The molecule has 0 atom stereocenters. The molecule has 7 heteroatoms. The largest absolute Gasteiger partial charge is 0.383 e. The highest BCUT2D eigenvalue weighted by Crippen LogP contribution is 2.38. The first-order valence-electron chi connectivity index (χ1n) is 10.8. The van der Waals surface area contributed by atoms with Gasteiger partial charge in [0.15, 0.2) is 0 Å². The monoisotopic (exact) mass is 454 g/mol. The van der Waals surface area contributed by atoms with E-state index in [2.05, 4.69) is 34.0 Å². The Bertz CT molecular complexity index is 1370. The summed E-state index contributed by atoms with van der Waals surface area (Å²) in [6.07, 6.45) is 0. The molecular formula is C26H23ClN6. The summed E-state index contributed by atoms with van der Waals surface area (Å²) in [7, 11) is 2.13. The summed E-state index contributed by atoms with van der Waals surface area (Å²) in [5, 5.41) is 11.6. The summed E-state index contributed by atoms with van der Waals surface area (Å²) < 4.78 is 0. The minimum Gasteiger partial charge on any atom is -0.383 e. The lowest BCUT2D eigenvalue weighted by molar-refractivity contribution is 0.312. The molecule has 33 heavy (non-hydrogen) atoms. The SMILES string of the molecule is CN1CCN(c2nc3ccccc3cc2-c2cc(-c3ccc(Cl)cc3)nc(N)c2C#N)CC1. The molecule has 164 valence electrons. The van der Waals surface area contributed by atoms with Gasteiger partial charge in [-0.15, -0.1) is 0 Å². The van der Waals surface area contributed by atoms with Crippen LogP contribution in [0.15, 0.2) is 60.7 Å². The Labute approximate surface area is 197 Å². The number of hydrogen-bond acceptors (Lipinski definition) is 6. The molecule has 3 heterocycles. The maximum Gasteiger partial charge on any atom is 0.142 e. The molecule has 0 bridgehead atoms. The summed E-state index contributed by atoms with van der Waals surface area (Å²) >= 11 is 6.07. The Morgan fingerprint density at radius 2 is 1.67 bits per heavy atom. The number of pyridine rings is 2. The first kappa shape index (κ1) is 21.2. The van der Waals surface area contributed by atoms with E-state index in [4.69, 9.17) is 22.3 Å². The first-order chi connectivity index (χ1) is 16.0. The molecule has 2 aromatic carbocycles. The third-order valence-corrected chi connectivity index (χ3v) is 6.35. The number of anilines is 2. The van der Waals surface area contributed by atoms with Crippen molar-refractivity contribution in [3.8, 4) is 28.5 Å². The molecule has 0 amide bonds. The number of nitrogens with two attached hydrogens (primary N) is 1. The van der Waals surface area contributed by atoms with Crippen molar-refractivity contribution in [2.75, 3.05) is 43.9 Å². The fourth-order valence-corrected chi connectivity index (χ4v) is 4.35. The second-order valence-corrected chi connectivity index (χ2v) is 8.71. The first-order valence-corrected chi connectivity index (χ1v) is 11.2. The lowest BCUT2D eigenvalue weighted by Gasteiger charge is -2.34. The Morgan fingerprint density at radius 1 is 0.939 bits per heavy atom. The van der Waals surface area contributed by atoms with Gasteiger partial charge in [0, 0.05) is 53.3 Å². The van der Waals surface area contributed by atoms with Crippen LogP contribution in [0.2, 0.25) is 5.02 Å². The van der Waals surface area contributed by atoms with Gasteiger partial charge in [-0.25, -0.2) is 9.97 Å². The molecule has 1 aliphatic heterocycles. The predicted octanol–water partition coefficient (Wildman–Crippen LogP) is 4.82. The summed E-state index contributed by atoms with van der Waals surface area (Å²) in [6, 6.07) is 21.8. The van der Waals surface area contributed by atoms with Gasteiger partial charge in [-0.3, -0.25) is 0 Å². The molecule has 5 rings (SSSR count). The molecule has 2 aromatic heterocycles. The van der Waals surface area contributed by atoms with Crippen LogP contribution in [-0.2, 0) is 0 Å². The lowest BCUT2D eigenvalue weighted by atomic mass is 9.97. The Balaban J connectivity index is 1.74. The van der Waals surface area contributed by atoms with E-state index in [1.165, 1.54) is 0 Å². The third-order valence-electron chi connectivity index (χ3n) is 6.10. The average molecular weight is 455 g/mol. The molecule has 1 fully saturated rings. The predicted molar refractivity (Wildman–Crippen MR) is 134 cm³/mol. The molecule has 0 aliphatic carbocycles. The van der Waals surface area contributed by atoms with Crippen LogP contribution in [0.3, 0.4) is 0 Å². The molecular weight excluding hydrogens is 432 g/mol. The van der Waals surface area contributed by atoms with Crippen molar-refractivity contribution < 1.29 is 0 Å². The van der Waals surface area contributed by atoms with Crippen LogP contribution < -0.4 is 10.6 Å². The molecule has 0 saturated carbocycles. The summed E-state index contributed by atoms with van der Waals surface area (Å²) in [4.78, 5) is 14.2. The van der Waals surface area contributed by atoms with Gasteiger partial charge < -0.3 is 15.5 Å². The number of benzene rings is 2. The number of rotatable bonds is 3.